The monoisotopic (exact) mass is 442 g/mol. The number of fused-ring (bicyclic) bond motifs is 1. The maximum Gasteiger partial charge on any atom is 0.253 e. The van der Waals surface area contributed by atoms with Crippen molar-refractivity contribution in [3.8, 4) is 0 Å². The highest BCUT2D eigenvalue weighted by atomic mass is 32.2. The molecule has 0 spiro atoms. The molecular weight excluding hydrogens is 415 g/mol. The summed E-state index contributed by atoms with van der Waals surface area (Å²) in [6, 6.07) is 6.83. The number of aryl methyl sites for hydroxylation is 2. The van der Waals surface area contributed by atoms with E-state index in [4.69, 9.17) is 0 Å². The van der Waals surface area contributed by atoms with Crippen molar-refractivity contribution in [1.29, 1.82) is 0 Å². The number of nitrogens with one attached hydrogen (secondary N) is 1. The molecule has 0 bridgehead atoms. The Labute approximate surface area is 185 Å². The smallest absolute Gasteiger partial charge is 0.253 e. The SMILES string of the molecule is CSc1nc2nc(C)c(CC(=O)NC3CCN(Cc4ccc(F)cc4)CC3)c(C)n2n1. The molecule has 3 heterocycles. The molecule has 164 valence electrons. The third kappa shape index (κ3) is 5.04. The molecule has 1 fully saturated rings. The molecule has 1 aliphatic rings. The molecule has 1 saturated heterocycles. The van der Waals surface area contributed by atoms with Crippen LogP contribution < -0.4 is 5.32 Å². The minimum atomic E-state index is -0.210. The number of rotatable bonds is 6. The minimum absolute atomic E-state index is 0.00883. The molecule has 4 rings (SSSR count). The third-order valence-electron chi connectivity index (χ3n) is 5.82. The summed E-state index contributed by atoms with van der Waals surface area (Å²) in [5.41, 5.74) is 3.72. The first-order valence-electron chi connectivity index (χ1n) is 10.5. The van der Waals surface area contributed by atoms with Crippen LogP contribution in [-0.2, 0) is 17.8 Å². The third-order valence-corrected chi connectivity index (χ3v) is 6.36. The second kappa shape index (κ2) is 9.32. The van der Waals surface area contributed by atoms with Crippen molar-refractivity contribution in [2.24, 2.45) is 0 Å². The van der Waals surface area contributed by atoms with Crippen LogP contribution in [0.4, 0.5) is 4.39 Å². The lowest BCUT2D eigenvalue weighted by Crippen LogP contribution is -2.44. The van der Waals surface area contributed by atoms with Crippen LogP contribution in [0.3, 0.4) is 0 Å². The maximum atomic E-state index is 13.1. The molecule has 7 nitrogen and oxygen atoms in total. The zero-order valence-corrected chi connectivity index (χ0v) is 18.9. The van der Waals surface area contributed by atoms with Gasteiger partial charge in [-0.25, -0.2) is 13.9 Å². The molecule has 0 saturated carbocycles. The summed E-state index contributed by atoms with van der Waals surface area (Å²) < 4.78 is 14.8. The van der Waals surface area contributed by atoms with Crippen molar-refractivity contribution >= 4 is 23.4 Å². The molecule has 1 N–H and O–H groups in total. The Balaban J connectivity index is 1.33. The average Bonchev–Trinajstić information content (AvgIpc) is 3.17. The second-order valence-electron chi connectivity index (χ2n) is 7.99. The Morgan fingerprint density at radius 2 is 1.90 bits per heavy atom. The van der Waals surface area contributed by atoms with Crippen molar-refractivity contribution < 1.29 is 9.18 Å². The van der Waals surface area contributed by atoms with Crippen LogP contribution >= 0.6 is 11.8 Å². The second-order valence-corrected chi connectivity index (χ2v) is 8.77. The summed E-state index contributed by atoms with van der Waals surface area (Å²) in [4.78, 5) is 24.0. The standard InChI is InChI=1S/C22H27FN6OS/c1-14-19(15(2)29-21(24-14)26-22(27-29)31-3)12-20(30)25-18-8-10-28(11-9-18)13-16-4-6-17(23)7-5-16/h4-7,18H,8-13H2,1-3H3,(H,25,30). The lowest BCUT2D eigenvalue weighted by molar-refractivity contribution is -0.121. The van der Waals surface area contributed by atoms with Gasteiger partial charge in [-0.3, -0.25) is 9.69 Å². The van der Waals surface area contributed by atoms with Gasteiger partial charge >= 0.3 is 0 Å². The van der Waals surface area contributed by atoms with Gasteiger partial charge in [0.05, 0.1) is 6.42 Å². The first-order chi connectivity index (χ1) is 14.9. The molecule has 0 radical (unpaired) electrons. The molecule has 0 atom stereocenters. The van der Waals surface area contributed by atoms with Crippen LogP contribution in [0.25, 0.3) is 5.78 Å². The van der Waals surface area contributed by atoms with Crippen molar-refractivity contribution in [2.75, 3.05) is 19.3 Å². The van der Waals surface area contributed by atoms with Gasteiger partial charge in [0.2, 0.25) is 11.1 Å². The van der Waals surface area contributed by atoms with Gasteiger partial charge in [-0.2, -0.15) is 4.98 Å². The molecule has 9 heteroatoms. The van der Waals surface area contributed by atoms with Crippen molar-refractivity contribution in [1.82, 2.24) is 29.8 Å². The van der Waals surface area contributed by atoms with Crippen LogP contribution in [0, 0.1) is 19.7 Å². The number of likely N-dealkylation sites (tertiary alicyclic amines) is 1. The van der Waals surface area contributed by atoms with Crippen molar-refractivity contribution in [2.45, 2.75) is 50.9 Å². The molecule has 1 amide bonds. The van der Waals surface area contributed by atoms with E-state index in [2.05, 4.69) is 25.3 Å². The fourth-order valence-corrected chi connectivity index (χ4v) is 4.39. The summed E-state index contributed by atoms with van der Waals surface area (Å²) in [6.07, 6.45) is 4.02. The number of carbonyl (C=O) groups is 1. The maximum absolute atomic E-state index is 13.1. The number of piperidine rings is 1. The van der Waals surface area contributed by atoms with Crippen LogP contribution in [0.1, 0.15) is 35.4 Å². The molecule has 0 unspecified atom stereocenters. The van der Waals surface area contributed by atoms with E-state index in [1.165, 1.54) is 23.9 Å². The topological polar surface area (TPSA) is 75.4 Å². The molecular formula is C22H27FN6OS. The van der Waals surface area contributed by atoms with E-state index in [0.717, 1.165) is 55.0 Å². The van der Waals surface area contributed by atoms with Crippen LogP contribution in [0.15, 0.2) is 29.4 Å². The zero-order chi connectivity index (χ0) is 22.0. The van der Waals surface area contributed by atoms with Gasteiger partial charge in [0, 0.05) is 42.6 Å². The Hall–Kier alpha value is -2.52. The van der Waals surface area contributed by atoms with Gasteiger partial charge in [-0.05, 0) is 50.6 Å². The Bertz CT molecular complexity index is 1080. The fraction of sp³-hybridized carbons (Fsp3) is 0.455. The first kappa shape index (κ1) is 21.7. The summed E-state index contributed by atoms with van der Waals surface area (Å²) in [7, 11) is 0. The summed E-state index contributed by atoms with van der Waals surface area (Å²) in [5, 5.41) is 8.31. The Kier molecular flexibility index (Phi) is 6.52. The van der Waals surface area contributed by atoms with Gasteiger partial charge in [-0.1, -0.05) is 23.9 Å². The number of aromatic nitrogens is 4. The van der Waals surface area contributed by atoms with E-state index < -0.39 is 0 Å². The number of nitrogens with zero attached hydrogens (tertiary/aromatic N) is 5. The number of carbonyl (C=O) groups excluding carboxylic acids is 1. The lowest BCUT2D eigenvalue weighted by atomic mass is 10.0. The van der Waals surface area contributed by atoms with Gasteiger partial charge < -0.3 is 5.32 Å². The van der Waals surface area contributed by atoms with Gasteiger partial charge in [0.15, 0.2) is 0 Å². The summed E-state index contributed by atoms with van der Waals surface area (Å²) in [6.45, 7) is 6.49. The number of hydrogen-bond donors (Lipinski definition) is 1. The number of hydrogen-bond acceptors (Lipinski definition) is 6. The lowest BCUT2D eigenvalue weighted by Gasteiger charge is -2.32. The van der Waals surface area contributed by atoms with Gasteiger partial charge in [0.1, 0.15) is 5.82 Å². The average molecular weight is 443 g/mol. The zero-order valence-electron chi connectivity index (χ0n) is 18.1. The van der Waals surface area contributed by atoms with Gasteiger partial charge in [-0.15, -0.1) is 5.10 Å². The highest BCUT2D eigenvalue weighted by Crippen LogP contribution is 2.18. The fourth-order valence-electron chi connectivity index (χ4n) is 4.06. The molecule has 1 aromatic carbocycles. The summed E-state index contributed by atoms with van der Waals surface area (Å²) >= 11 is 1.47. The number of benzene rings is 1. The highest BCUT2D eigenvalue weighted by Gasteiger charge is 2.22. The number of thioether (sulfide) groups is 1. The van der Waals surface area contributed by atoms with Crippen LogP contribution in [-0.4, -0.2) is 55.8 Å². The van der Waals surface area contributed by atoms with E-state index >= 15 is 0 Å². The van der Waals surface area contributed by atoms with E-state index in [9.17, 15) is 9.18 Å². The van der Waals surface area contributed by atoms with Crippen LogP contribution in [0.2, 0.25) is 0 Å². The number of amides is 1. The van der Waals surface area contributed by atoms with Gasteiger partial charge in [0.25, 0.3) is 5.78 Å². The summed E-state index contributed by atoms with van der Waals surface area (Å²) in [5.74, 6) is 0.366. The first-order valence-corrected chi connectivity index (χ1v) is 11.7. The minimum Gasteiger partial charge on any atom is -0.353 e. The van der Waals surface area contributed by atoms with E-state index in [0.29, 0.717) is 10.9 Å². The van der Waals surface area contributed by atoms with Crippen molar-refractivity contribution in [3.05, 3.63) is 52.6 Å². The normalized spacial score (nSPS) is 15.5. The van der Waals surface area contributed by atoms with E-state index in [1.54, 1.807) is 4.52 Å². The highest BCUT2D eigenvalue weighted by molar-refractivity contribution is 7.98. The Morgan fingerprint density at radius 3 is 2.58 bits per heavy atom. The molecule has 0 aliphatic carbocycles. The quantitative estimate of drug-likeness (QED) is 0.592. The van der Waals surface area contributed by atoms with Crippen LogP contribution in [0.5, 0.6) is 0 Å². The molecule has 31 heavy (non-hydrogen) atoms. The predicted molar refractivity (Wildman–Crippen MR) is 119 cm³/mol. The van der Waals surface area contributed by atoms with E-state index in [-0.39, 0.29) is 24.2 Å². The number of halogens is 1. The molecule has 3 aromatic rings. The predicted octanol–water partition coefficient (Wildman–Crippen LogP) is 2.93. The molecule has 1 aliphatic heterocycles. The van der Waals surface area contributed by atoms with E-state index in [1.807, 2.05) is 32.2 Å². The van der Waals surface area contributed by atoms with Crippen molar-refractivity contribution in [3.63, 3.8) is 0 Å². The Morgan fingerprint density at radius 1 is 1.19 bits per heavy atom. The molecule has 2 aromatic heterocycles. The largest absolute Gasteiger partial charge is 0.353 e.